The van der Waals surface area contributed by atoms with E-state index < -0.39 is 17.6 Å². The standard InChI is InChI=1S/C30H28N6O4/c1-2-3-13-25-27(29(38)39)36(26(37)18-20-9-5-4-6-10-20)30(40)35(25)19-21-14-16-22(17-15-21)23-11-7-8-12-24(23)28-31-33-34-32-28/h4-12,14-17H,2-3,13,18-19H2,1H3,(H,38,39)(H,31,32,33,34). The van der Waals surface area contributed by atoms with E-state index in [1.165, 1.54) is 4.57 Å². The molecule has 0 fully saturated rings. The Morgan fingerprint density at radius 3 is 2.25 bits per heavy atom. The van der Waals surface area contributed by atoms with Gasteiger partial charge in [-0.2, -0.15) is 5.21 Å². The average Bonchev–Trinajstić information content (AvgIpc) is 3.60. The second-order valence-corrected chi connectivity index (χ2v) is 9.44. The minimum absolute atomic E-state index is 0.0766. The van der Waals surface area contributed by atoms with E-state index in [0.717, 1.165) is 33.2 Å². The average molecular weight is 537 g/mol. The highest BCUT2D eigenvalue weighted by Crippen LogP contribution is 2.30. The molecule has 3 aromatic carbocycles. The van der Waals surface area contributed by atoms with Gasteiger partial charge in [0.05, 0.1) is 18.7 Å². The number of carboxylic acids is 1. The molecular weight excluding hydrogens is 508 g/mol. The highest BCUT2D eigenvalue weighted by atomic mass is 16.4. The molecule has 0 aliphatic rings. The number of carbonyl (C=O) groups is 2. The summed E-state index contributed by atoms with van der Waals surface area (Å²) in [5.74, 6) is -1.38. The maximum absolute atomic E-state index is 13.6. The Bertz CT molecular complexity index is 1690. The summed E-state index contributed by atoms with van der Waals surface area (Å²) in [4.78, 5) is 39.2. The molecule has 2 aromatic heterocycles. The lowest BCUT2D eigenvalue weighted by molar-refractivity contribution is 0.0671. The molecule has 2 heterocycles. The lowest BCUT2D eigenvalue weighted by Crippen LogP contribution is -2.32. The minimum atomic E-state index is -1.29. The van der Waals surface area contributed by atoms with E-state index in [0.29, 0.717) is 29.9 Å². The zero-order valence-corrected chi connectivity index (χ0v) is 21.9. The maximum Gasteiger partial charge on any atom is 0.354 e. The van der Waals surface area contributed by atoms with E-state index in [1.54, 1.807) is 24.3 Å². The van der Waals surface area contributed by atoms with Crippen LogP contribution in [0.2, 0.25) is 0 Å². The molecular formula is C30H28N6O4. The number of tetrazole rings is 1. The predicted molar refractivity (Wildman–Crippen MR) is 149 cm³/mol. The second kappa shape index (κ2) is 11.7. The van der Waals surface area contributed by atoms with E-state index >= 15 is 0 Å². The van der Waals surface area contributed by atoms with Gasteiger partial charge in [-0.05, 0) is 40.3 Å². The Morgan fingerprint density at radius 2 is 1.60 bits per heavy atom. The molecule has 0 saturated heterocycles. The summed E-state index contributed by atoms with van der Waals surface area (Å²) in [6.45, 7) is 2.13. The lowest BCUT2D eigenvalue weighted by Gasteiger charge is -2.10. The van der Waals surface area contributed by atoms with E-state index in [4.69, 9.17) is 0 Å². The van der Waals surface area contributed by atoms with Gasteiger partial charge >= 0.3 is 11.7 Å². The van der Waals surface area contributed by atoms with Crippen LogP contribution in [0, 0.1) is 0 Å². The Hall–Kier alpha value is -5.12. The summed E-state index contributed by atoms with van der Waals surface area (Å²) in [5, 5.41) is 24.4. The Kier molecular flexibility index (Phi) is 7.77. The van der Waals surface area contributed by atoms with Gasteiger partial charge in [-0.3, -0.25) is 9.36 Å². The van der Waals surface area contributed by atoms with Gasteiger partial charge in [0.25, 0.3) is 0 Å². The SMILES string of the molecule is CCCCc1c(C(=O)O)n(C(=O)Cc2ccccc2)c(=O)n1Cc1ccc(-c2ccccc2-c2nn[nH]n2)cc1. The number of rotatable bonds is 10. The molecule has 10 heteroatoms. The maximum atomic E-state index is 13.6. The van der Waals surface area contributed by atoms with Crippen LogP contribution in [-0.2, 0) is 19.4 Å². The van der Waals surface area contributed by atoms with Crippen molar-refractivity contribution in [3.05, 3.63) is 112 Å². The van der Waals surface area contributed by atoms with E-state index in [9.17, 15) is 19.5 Å². The van der Waals surface area contributed by atoms with Gasteiger partial charge in [0.1, 0.15) is 0 Å². The molecule has 0 saturated carbocycles. The number of H-pyrrole nitrogens is 1. The molecule has 0 amide bonds. The molecule has 0 spiro atoms. The zero-order valence-electron chi connectivity index (χ0n) is 21.9. The number of carboxylic acid groups (broad SMARTS) is 1. The first-order chi connectivity index (χ1) is 19.5. The van der Waals surface area contributed by atoms with Crippen LogP contribution in [0.5, 0.6) is 0 Å². The number of unbranched alkanes of at least 4 members (excludes halogenated alkanes) is 1. The molecule has 40 heavy (non-hydrogen) atoms. The van der Waals surface area contributed by atoms with Crippen molar-refractivity contribution in [2.45, 2.75) is 39.2 Å². The van der Waals surface area contributed by atoms with Crippen molar-refractivity contribution in [3.8, 4) is 22.5 Å². The molecule has 2 N–H and O–H groups in total. The van der Waals surface area contributed by atoms with Gasteiger partial charge in [0.15, 0.2) is 5.69 Å². The third-order valence-electron chi connectivity index (χ3n) is 6.78. The summed E-state index contributed by atoms with van der Waals surface area (Å²) in [6, 6.07) is 24.3. The number of aromatic carboxylic acids is 1. The van der Waals surface area contributed by atoms with Gasteiger partial charge < -0.3 is 5.11 Å². The molecule has 5 aromatic rings. The van der Waals surface area contributed by atoms with Crippen molar-refractivity contribution in [2.24, 2.45) is 0 Å². The number of aromatic amines is 1. The number of nitrogens with one attached hydrogen (secondary N) is 1. The highest BCUT2D eigenvalue weighted by molar-refractivity contribution is 5.94. The van der Waals surface area contributed by atoms with E-state index in [2.05, 4.69) is 20.6 Å². The topological polar surface area (TPSA) is 136 Å². The Balaban J connectivity index is 1.51. The summed E-state index contributed by atoms with van der Waals surface area (Å²) >= 11 is 0. The van der Waals surface area contributed by atoms with Gasteiger partial charge in [-0.15, -0.1) is 10.2 Å². The first-order valence-corrected chi connectivity index (χ1v) is 13.0. The van der Waals surface area contributed by atoms with Crippen molar-refractivity contribution in [3.63, 3.8) is 0 Å². The van der Waals surface area contributed by atoms with Crippen LogP contribution in [0.15, 0.2) is 83.7 Å². The number of imidazole rings is 1. The quantitative estimate of drug-likeness (QED) is 0.269. The van der Waals surface area contributed by atoms with Crippen LogP contribution in [0.3, 0.4) is 0 Å². The summed E-state index contributed by atoms with van der Waals surface area (Å²) in [6.07, 6.45) is 1.79. The smallest absolute Gasteiger partial charge is 0.354 e. The fraction of sp³-hybridized carbons (Fsp3) is 0.200. The minimum Gasteiger partial charge on any atom is -0.477 e. The summed E-state index contributed by atoms with van der Waals surface area (Å²) in [7, 11) is 0. The van der Waals surface area contributed by atoms with Crippen LogP contribution < -0.4 is 5.69 Å². The number of hydrogen-bond donors (Lipinski definition) is 2. The highest BCUT2D eigenvalue weighted by Gasteiger charge is 2.28. The van der Waals surface area contributed by atoms with Gasteiger partial charge in [-0.1, -0.05) is 92.2 Å². The number of aromatic nitrogens is 6. The fourth-order valence-corrected chi connectivity index (χ4v) is 4.83. The number of carbonyl (C=O) groups excluding carboxylic acids is 1. The van der Waals surface area contributed by atoms with Crippen molar-refractivity contribution in [1.29, 1.82) is 0 Å². The predicted octanol–water partition coefficient (Wildman–Crippen LogP) is 4.47. The summed E-state index contributed by atoms with van der Waals surface area (Å²) < 4.78 is 2.25. The molecule has 0 atom stereocenters. The number of benzene rings is 3. The Labute approximate surface area is 229 Å². The molecule has 0 aliphatic carbocycles. The van der Waals surface area contributed by atoms with Crippen molar-refractivity contribution < 1.29 is 14.7 Å². The van der Waals surface area contributed by atoms with E-state index in [1.807, 2.05) is 61.5 Å². The molecule has 0 bridgehead atoms. The molecule has 5 rings (SSSR count). The van der Waals surface area contributed by atoms with Gasteiger partial charge in [-0.25, -0.2) is 14.2 Å². The van der Waals surface area contributed by atoms with Crippen LogP contribution >= 0.6 is 0 Å². The fourth-order valence-electron chi connectivity index (χ4n) is 4.83. The molecule has 0 aliphatic heterocycles. The third kappa shape index (κ3) is 5.37. The Morgan fingerprint density at radius 1 is 0.900 bits per heavy atom. The van der Waals surface area contributed by atoms with Crippen molar-refractivity contribution in [2.75, 3.05) is 0 Å². The molecule has 10 nitrogen and oxygen atoms in total. The second-order valence-electron chi connectivity index (χ2n) is 9.44. The molecule has 0 unspecified atom stereocenters. The first-order valence-electron chi connectivity index (χ1n) is 13.0. The zero-order chi connectivity index (χ0) is 28.1. The first kappa shape index (κ1) is 26.5. The number of hydrogen-bond acceptors (Lipinski definition) is 6. The van der Waals surface area contributed by atoms with Crippen LogP contribution in [0.4, 0.5) is 0 Å². The summed E-state index contributed by atoms with van der Waals surface area (Å²) in [5.41, 5.74) is 3.61. The number of nitrogens with zero attached hydrogens (tertiary/aromatic N) is 5. The van der Waals surface area contributed by atoms with Crippen molar-refractivity contribution in [1.82, 2.24) is 29.8 Å². The third-order valence-corrected chi connectivity index (χ3v) is 6.78. The van der Waals surface area contributed by atoms with E-state index in [-0.39, 0.29) is 18.7 Å². The lowest BCUT2D eigenvalue weighted by atomic mass is 9.98. The van der Waals surface area contributed by atoms with Gasteiger partial charge in [0.2, 0.25) is 11.7 Å². The molecule has 202 valence electrons. The van der Waals surface area contributed by atoms with Crippen LogP contribution in [0.1, 0.15) is 51.9 Å². The van der Waals surface area contributed by atoms with Crippen molar-refractivity contribution >= 4 is 11.9 Å². The normalized spacial score (nSPS) is 11.0. The van der Waals surface area contributed by atoms with Crippen LogP contribution in [-0.4, -0.2) is 46.7 Å². The van der Waals surface area contributed by atoms with Gasteiger partial charge in [0, 0.05) is 5.56 Å². The molecule has 0 radical (unpaired) electrons. The van der Waals surface area contributed by atoms with Crippen LogP contribution in [0.25, 0.3) is 22.5 Å². The monoisotopic (exact) mass is 536 g/mol. The largest absolute Gasteiger partial charge is 0.477 e.